The molecular weight excluding hydrogens is 402 g/mol. The number of fused-ring (bicyclic) bond motifs is 1. The zero-order valence-corrected chi connectivity index (χ0v) is 17.9. The number of carbonyl (C=O) groups is 1. The third-order valence-corrected chi connectivity index (χ3v) is 6.01. The fourth-order valence-corrected chi connectivity index (χ4v) is 4.24. The standard InChI is InChI=1S/C25H25N5O2/c1-32-21-7-4-6-20(15-21)28-25(31)19-9-12-29(13-10-19)23-16-24(27-17-26-23)30-14-11-18-5-2-3-8-22(18)30/h2-8,11,14-17,19H,9-10,12-13H2,1H3,(H,28,31). The van der Waals surface area contributed by atoms with E-state index in [9.17, 15) is 4.79 Å². The zero-order valence-electron chi connectivity index (χ0n) is 17.9. The van der Waals surface area contributed by atoms with E-state index in [0.29, 0.717) is 0 Å². The van der Waals surface area contributed by atoms with Crippen LogP contribution >= 0.6 is 0 Å². The van der Waals surface area contributed by atoms with Gasteiger partial charge >= 0.3 is 0 Å². The highest BCUT2D eigenvalue weighted by molar-refractivity contribution is 5.92. The summed E-state index contributed by atoms with van der Waals surface area (Å²) < 4.78 is 7.31. The number of methoxy groups -OCH3 is 1. The van der Waals surface area contributed by atoms with Crippen LogP contribution in [0.2, 0.25) is 0 Å². The smallest absolute Gasteiger partial charge is 0.227 e. The van der Waals surface area contributed by atoms with Crippen LogP contribution in [0.15, 0.2) is 73.2 Å². The molecule has 0 unspecified atom stereocenters. The highest BCUT2D eigenvalue weighted by atomic mass is 16.5. The van der Waals surface area contributed by atoms with Crippen molar-refractivity contribution in [3.63, 3.8) is 0 Å². The van der Waals surface area contributed by atoms with Gasteiger partial charge in [0.25, 0.3) is 0 Å². The molecule has 1 aliphatic heterocycles. The molecule has 7 nitrogen and oxygen atoms in total. The van der Waals surface area contributed by atoms with Crippen LogP contribution in [-0.2, 0) is 4.79 Å². The second-order valence-electron chi connectivity index (χ2n) is 7.96. The minimum Gasteiger partial charge on any atom is -0.497 e. The van der Waals surface area contributed by atoms with E-state index in [1.807, 2.05) is 48.7 Å². The van der Waals surface area contributed by atoms with E-state index in [2.05, 4.69) is 43.0 Å². The lowest BCUT2D eigenvalue weighted by Gasteiger charge is -2.32. The van der Waals surface area contributed by atoms with Crippen molar-refractivity contribution in [2.45, 2.75) is 12.8 Å². The van der Waals surface area contributed by atoms with Crippen LogP contribution in [0.3, 0.4) is 0 Å². The summed E-state index contributed by atoms with van der Waals surface area (Å²) in [4.78, 5) is 24.0. The maximum atomic E-state index is 12.7. The number of rotatable bonds is 5. The van der Waals surface area contributed by atoms with Crippen molar-refractivity contribution in [3.05, 3.63) is 73.2 Å². The number of carbonyl (C=O) groups excluding carboxylic acids is 1. The van der Waals surface area contributed by atoms with Crippen molar-refractivity contribution in [1.29, 1.82) is 0 Å². The molecule has 32 heavy (non-hydrogen) atoms. The Morgan fingerprint density at radius 3 is 2.66 bits per heavy atom. The maximum Gasteiger partial charge on any atom is 0.227 e. The van der Waals surface area contributed by atoms with Gasteiger partial charge in [-0.15, -0.1) is 0 Å². The van der Waals surface area contributed by atoms with Crippen LogP contribution < -0.4 is 15.0 Å². The molecule has 1 N–H and O–H groups in total. The van der Waals surface area contributed by atoms with Gasteiger partial charge in [0, 0.05) is 43.0 Å². The molecule has 7 heteroatoms. The largest absolute Gasteiger partial charge is 0.497 e. The topological polar surface area (TPSA) is 72.3 Å². The van der Waals surface area contributed by atoms with E-state index in [1.54, 1.807) is 13.4 Å². The summed E-state index contributed by atoms with van der Waals surface area (Å²) in [5.74, 6) is 2.49. The van der Waals surface area contributed by atoms with Crippen LogP contribution in [0, 0.1) is 5.92 Å². The molecule has 162 valence electrons. The molecule has 2 aromatic heterocycles. The Hall–Kier alpha value is -3.87. The SMILES string of the molecule is COc1cccc(NC(=O)C2CCN(c3cc(-n4ccc5ccccc54)ncn3)CC2)c1. The zero-order chi connectivity index (χ0) is 21.9. The molecular formula is C25H25N5O2. The molecule has 0 aliphatic carbocycles. The Kier molecular flexibility index (Phi) is 5.46. The Bertz CT molecular complexity index is 1240. The average molecular weight is 428 g/mol. The fourth-order valence-electron chi connectivity index (χ4n) is 4.24. The number of ether oxygens (including phenoxy) is 1. The first-order valence-corrected chi connectivity index (χ1v) is 10.8. The summed E-state index contributed by atoms with van der Waals surface area (Å²) in [6, 6.07) is 19.8. The van der Waals surface area contributed by atoms with Gasteiger partial charge in [0.15, 0.2) is 0 Å². The number of nitrogens with zero attached hydrogens (tertiary/aromatic N) is 4. The minimum absolute atomic E-state index is 0.0212. The van der Waals surface area contributed by atoms with Gasteiger partial charge in [-0.1, -0.05) is 24.3 Å². The van der Waals surface area contributed by atoms with Crippen molar-refractivity contribution in [1.82, 2.24) is 14.5 Å². The number of aromatic nitrogens is 3. The van der Waals surface area contributed by atoms with Gasteiger partial charge in [0.2, 0.25) is 5.91 Å². The molecule has 1 aliphatic rings. The molecule has 0 saturated carbocycles. The number of piperidine rings is 1. The van der Waals surface area contributed by atoms with E-state index in [4.69, 9.17) is 4.74 Å². The van der Waals surface area contributed by atoms with Crippen molar-refractivity contribution >= 4 is 28.3 Å². The maximum absolute atomic E-state index is 12.7. The summed E-state index contributed by atoms with van der Waals surface area (Å²) in [7, 11) is 1.62. The Morgan fingerprint density at radius 2 is 1.81 bits per heavy atom. The summed E-state index contributed by atoms with van der Waals surface area (Å²) >= 11 is 0. The van der Waals surface area contributed by atoms with Gasteiger partial charge in [-0.2, -0.15) is 0 Å². The first-order valence-electron chi connectivity index (χ1n) is 10.8. The quantitative estimate of drug-likeness (QED) is 0.515. The van der Waals surface area contributed by atoms with Crippen molar-refractivity contribution in [2.24, 2.45) is 5.92 Å². The van der Waals surface area contributed by atoms with Gasteiger partial charge in [-0.3, -0.25) is 4.79 Å². The normalized spacial score (nSPS) is 14.5. The number of hydrogen-bond acceptors (Lipinski definition) is 5. The Labute approximate surface area is 186 Å². The fraction of sp³-hybridized carbons (Fsp3) is 0.240. The summed E-state index contributed by atoms with van der Waals surface area (Å²) in [5.41, 5.74) is 1.88. The predicted octanol–water partition coefficient (Wildman–Crippen LogP) is 4.28. The lowest BCUT2D eigenvalue weighted by Crippen LogP contribution is -2.38. The number of para-hydroxylation sites is 1. The highest BCUT2D eigenvalue weighted by Crippen LogP contribution is 2.26. The van der Waals surface area contributed by atoms with Gasteiger partial charge in [-0.05, 0) is 42.5 Å². The molecule has 5 rings (SSSR count). The lowest BCUT2D eigenvalue weighted by atomic mass is 9.96. The number of nitrogens with one attached hydrogen (secondary N) is 1. The number of amides is 1. The number of hydrogen-bond donors (Lipinski definition) is 1. The van der Waals surface area contributed by atoms with E-state index >= 15 is 0 Å². The van der Waals surface area contributed by atoms with E-state index in [-0.39, 0.29) is 11.8 Å². The Morgan fingerprint density at radius 1 is 1.00 bits per heavy atom. The van der Waals surface area contributed by atoms with Crippen LogP contribution in [0.5, 0.6) is 5.75 Å². The number of anilines is 2. The van der Waals surface area contributed by atoms with E-state index in [1.165, 1.54) is 5.39 Å². The summed E-state index contributed by atoms with van der Waals surface area (Å²) in [6.07, 6.45) is 5.20. The third-order valence-electron chi connectivity index (χ3n) is 6.01. The van der Waals surface area contributed by atoms with Crippen molar-refractivity contribution in [2.75, 3.05) is 30.4 Å². The molecule has 0 atom stereocenters. The molecule has 4 aromatic rings. The monoisotopic (exact) mass is 427 g/mol. The molecule has 0 spiro atoms. The minimum atomic E-state index is -0.0212. The number of benzene rings is 2. The Balaban J connectivity index is 1.25. The highest BCUT2D eigenvalue weighted by Gasteiger charge is 2.26. The molecule has 0 bridgehead atoms. The third kappa shape index (κ3) is 4.01. The average Bonchev–Trinajstić information content (AvgIpc) is 3.29. The van der Waals surface area contributed by atoms with Crippen LogP contribution in [0.4, 0.5) is 11.5 Å². The molecule has 1 saturated heterocycles. The van der Waals surface area contributed by atoms with Gasteiger partial charge in [0.1, 0.15) is 23.7 Å². The molecule has 2 aromatic carbocycles. The first kappa shape index (κ1) is 20.1. The molecule has 0 radical (unpaired) electrons. The second kappa shape index (κ2) is 8.70. The van der Waals surface area contributed by atoms with Gasteiger partial charge < -0.3 is 19.5 Å². The van der Waals surface area contributed by atoms with Crippen molar-refractivity contribution < 1.29 is 9.53 Å². The van der Waals surface area contributed by atoms with E-state index < -0.39 is 0 Å². The summed E-state index contributed by atoms with van der Waals surface area (Å²) in [5, 5.41) is 4.20. The van der Waals surface area contributed by atoms with Crippen LogP contribution in [-0.4, -0.2) is 40.6 Å². The predicted molar refractivity (Wildman–Crippen MR) is 125 cm³/mol. The van der Waals surface area contributed by atoms with Gasteiger partial charge in [-0.25, -0.2) is 9.97 Å². The molecule has 3 heterocycles. The van der Waals surface area contributed by atoms with Crippen molar-refractivity contribution in [3.8, 4) is 11.6 Å². The van der Waals surface area contributed by atoms with E-state index in [0.717, 1.165) is 54.5 Å². The second-order valence-corrected chi connectivity index (χ2v) is 7.96. The van der Waals surface area contributed by atoms with Gasteiger partial charge in [0.05, 0.1) is 12.6 Å². The van der Waals surface area contributed by atoms with Crippen LogP contribution in [0.1, 0.15) is 12.8 Å². The first-order chi connectivity index (χ1) is 15.7. The van der Waals surface area contributed by atoms with Crippen LogP contribution in [0.25, 0.3) is 16.7 Å². The summed E-state index contributed by atoms with van der Waals surface area (Å²) in [6.45, 7) is 1.55. The molecule has 1 fully saturated rings. The molecule has 1 amide bonds. The lowest BCUT2D eigenvalue weighted by molar-refractivity contribution is -0.120.